The van der Waals surface area contributed by atoms with Crippen LogP contribution in [0.15, 0.2) is 85.1 Å². The lowest BCUT2D eigenvalue weighted by Gasteiger charge is -2.45. The van der Waals surface area contributed by atoms with Crippen LogP contribution < -0.4 is 5.73 Å². The molecule has 0 radical (unpaired) electrons. The van der Waals surface area contributed by atoms with Gasteiger partial charge in [0.05, 0.1) is 79.6 Å². The van der Waals surface area contributed by atoms with Gasteiger partial charge >= 0.3 is 11.9 Å². The molecule has 3 heterocycles. The summed E-state index contributed by atoms with van der Waals surface area (Å²) in [7, 11) is 0. The summed E-state index contributed by atoms with van der Waals surface area (Å²) in [4.78, 5) is 25.1. The zero-order chi connectivity index (χ0) is 48.4. The van der Waals surface area contributed by atoms with Gasteiger partial charge in [-0.15, -0.1) is 0 Å². The van der Waals surface area contributed by atoms with Crippen LogP contribution in [0.2, 0.25) is 0 Å². The molecule has 13 N–H and O–H groups in total. The highest BCUT2D eigenvalue weighted by Crippen LogP contribution is 2.38. The van der Waals surface area contributed by atoms with Crippen LogP contribution in [0.4, 0.5) is 0 Å². The predicted octanol–water partition coefficient (Wildman–Crippen LogP) is 1.35. The van der Waals surface area contributed by atoms with Crippen LogP contribution in [0.3, 0.4) is 0 Å². The molecule has 0 aliphatic carbocycles. The predicted molar refractivity (Wildman–Crippen MR) is 244 cm³/mol. The normalized spacial score (nSPS) is 44.8. The molecule has 6 unspecified atom stereocenters. The molecule has 2 saturated heterocycles. The van der Waals surface area contributed by atoms with Gasteiger partial charge in [-0.25, -0.2) is 0 Å². The summed E-state index contributed by atoms with van der Waals surface area (Å²) in [6.45, 7) is 6.74. The van der Waals surface area contributed by atoms with Crippen molar-refractivity contribution in [3.8, 4) is 0 Å². The Bertz CT molecular complexity index is 1670. The zero-order valence-electron chi connectivity index (χ0n) is 37.6. The molecule has 18 heteroatoms. The molecule has 0 saturated carbocycles. The van der Waals surface area contributed by atoms with Crippen LogP contribution in [-0.2, 0) is 28.5 Å². The minimum absolute atomic E-state index is 0. The highest BCUT2D eigenvalue weighted by atomic mass is 16.7. The first-order chi connectivity index (χ1) is 30.6. The lowest BCUT2D eigenvalue weighted by Crippen LogP contribution is -2.61. The first-order valence-electron chi connectivity index (χ1n) is 22.3. The van der Waals surface area contributed by atoms with E-state index in [2.05, 4.69) is 0 Å². The number of carbonyl (C=O) groups is 2. The monoisotopic (exact) mass is 940 g/mol. The Morgan fingerprint density at radius 3 is 1.80 bits per heavy atom. The second-order valence-electron chi connectivity index (χ2n) is 17.6. The number of aliphatic carboxylic acids is 1. The number of carboxylic acids is 1. The average molecular weight is 940 g/mol. The number of rotatable bonds is 3. The Morgan fingerprint density at radius 1 is 0.667 bits per heavy atom. The Kier molecular flexibility index (Phi) is 25.6. The van der Waals surface area contributed by atoms with E-state index < -0.39 is 147 Å². The van der Waals surface area contributed by atoms with Crippen molar-refractivity contribution in [2.24, 2.45) is 23.5 Å². The summed E-state index contributed by atoms with van der Waals surface area (Å²) in [6.07, 6.45) is 3.46. The minimum atomic E-state index is -2.33. The summed E-state index contributed by atoms with van der Waals surface area (Å²) < 4.78 is 23.1. The van der Waals surface area contributed by atoms with Gasteiger partial charge in [0.1, 0.15) is 18.1 Å². The Hall–Kier alpha value is -3.44. The second-order valence-corrected chi connectivity index (χ2v) is 17.6. The van der Waals surface area contributed by atoms with E-state index in [0.717, 1.165) is 0 Å². The van der Waals surface area contributed by atoms with E-state index in [4.69, 9.17) is 24.7 Å². The summed E-state index contributed by atoms with van der Waals surface area (Å²) in [6, 6.07) is -1.15. The number of ether oxygens (including phenoxy) is 4. The van der Waals surface area contributed by atoms with Crippen LogP contribution in [0.5, 0.6) is 0 Å². The number of aliphatic hydroxyl groups is 10. The SMILES string of the molecule is C.CC1OC(O[C@H]2/C=C/C=C/C=C/C=C/C=C/C=C/C=C/[C@H](C)[C@@H](O)[C@@H](C)C(C)OC(=O)C[C@H](O)C[C@H](O)CC[C@@H](O)[C@H](O)C[C@H](O)C[C@]3(O)C[C@H](O)[C@@H](C(=O)O)[C@H](C2)O3)C(O)C(N)C1O. The highest BCUT2D eigenvalue weighted by molar-refractivity contribution is 5.71. The first kappa shape index (κ1) is 58.7. The maximum absolute atomic E-state index is 12.6. The third-order valence-electron chi connectivity index (χ3n) is 12.0. The third kappa shape index (κ3) is 19.3. The van der Waals surface area contributed by atoms with Gasteiger partial charge < -0.3 is 80.9 Å². The van der Waals surface area contributed by atoms with E-state index in [0.29, 0.717) is 0 Å². The standard InChI is InChI=1S/C47H73NO17.CH4/c1-27-17-15-13-11-9-7-5-6-8-10-12-14-16-18-34(64-46-44(58)41(48)43(57)30(4)63-46)24-38-40(45(59)60)37(54)26-47(61,65-38)25-33(51)22-36(53)35(52)20-19-31(49)21-32(50)23-39(55)62-29(3)28(2)42(27)56;/h5-18,27-38,40-44,46,49-54,56-58,61H,19-26,48H2,1-4H3,(H,59,60);1H4/b6-5+,9-7+,10-8+,13-11+,14-12+,17-15+,18-16+;/t27-,28-,29?,30?,31+,32+,33-,34-,35+,36+,37-,38-,40+,41?,42+,43?,44?,46?,47+;/m0./s1. The van der Waals surface area contributed by atoms with Gasteiger partial charge in [-0.05, 0) is 33.1 Å². The van der Waals surface area contributed by atoms with Gasteiger partial charge in [-0.2, -0.15) is 0 Å². The summed E-state index contributed by atoms with van der Waals surface area (Å²) in [5.74, 6) is -6.83. The van der Waals surface area contributed by atoms with Gasteiger partial charge in [0.25, 0.3) is 0 Å². The summed E-state index contributed by atoms with van der Waals surface area (Å²) in [5.41, 5.74) is 6.02. The number of carboxylic acid groups (broad SMARTS) is 1. The number of aliphatic hydroxyl groups excluding tert-OH is 9. The molecule has 66 heavy (non-hydrogen) atoms. The van der Waals surface area contributed by atoms with Crippen LogP contribution in [-0.4, -0.2) is 166 Å². The van der Waals surface area contributed by atoms with E-state index >= 15 is 0 Å². The third-order valence-corrected chi connectivity index (χ3v) is 12.0. The van der Waals surface area contributed by atoms with Gasteiger partial charge in [-0.1, -0.05) is 106 Å². The lowest BCUT2D eigenvalue weighted by atomic mass is 9.82. The number of esters is 1. The number of fused-ring (bicyclic) bond motifs is 2. The van der Waals surface area contributed by atoms with Crippen molar-refractivity contribution >= 4 is 11.9 Å². The molecule has 3 aliphatic rings. The van der Waals surface area contributed by atoms with Crippen molar-refractivity contribution in [3.05, 3.63) is 85.1 Å². The van der Waals surface area contributed by atoms with Crippen LogP contribution in [0.25, 0.3) is 0 Å². The average Bonchev–Trinajstić information content (AvgIpc) is 3.21. The summed E-state index contributed by atoms with van der Waals surface area (Å²) in [5, 5.41) is 118. The molecule has 0 amide bonds. The fraction of sp³-hybridized carbons (Fsp3) is 0.667. The Balaban J connectivity index is 0.0000150. The molecule has 0 aromatic carbocycles. The maximum atomic E-state index is 12.6. The number of hydrogen-bond donors (Lipinski definition) is 12. The Morgan fingerprint density at radius 2 is 1.23 bits per heavy atom. The molecule has 0 spiro atoms. The van der Waals surface area contributed by atoms with E-state index in [1.54, 1.807) is 80.7 Å². The first-order valence-corrected chi connectivity index (χ1v) is 22.3. The lowest BCUT2D eigenvalue weighted by molar-refractivity contribution is -0.308. The topological polar surface area (TPSA) is 320 Å². The molecule has 376 valence electrons. The summed E-state index contributed by atoms with van der Waals surface area (Å²) >= 11 is 0. The van der Waals surface area contributed by atoms with Gasteiger partial charge in [-0.3, -0.25) is 9.59 Å². The van der Waals surface area contributed by atoms with Gasteiger partial charge in [0.15, 0.2) is 12.1 Å². The number of nitrogens with two attached hydrogens (primary N) is 1. The van der Waals surface area contributed by atoms with E-state index in [1.165, 1.54) is 13.0 Å². The quantitative estimate of drug-likeness (QED) is 0.178. The Labute approximate surface area is 388 Å². The second kappa shape index (κ2) is 28.8. The molecule has 0 aromatic heterocycles. The van der Waals surface area contributed by atoms with Crippen molar-refractivity contribution < 1.29 is 84.7 Å². The highest BCUT2D eigenvalue weighted by Gasteiger charge is 2.51. The molecule has 19 atom stereocenters. The van der Waals surface area contributed by atoms with E-state index in [9.17, 15) is 65.8 Å². The van der Waals surface area contributed by atoms with E-state index in [-0.39, 0.29) is 39.0 Å². The maximum Gasteiger partial charge on any atom is 0.311 e. The number of cyclic esters (lactones) is 1. The largest absolute Gasteiger partial charge is 0.481 e. The van der Waals surface area contributed by atoms with Crippen molar-refractivity contribution in [2.45, 2.75) is 184 Å². The molecular formula is C48H77NO17. The molecule has 2 fully saturated rings. The molecule has 0 aromatic rings. The molecular weight excluding hydrogens is 863 g/mol. The van der Waals surface area contributed by atoms with E-state index in [1.807, 2.05) is 19.1 Å². The number of hydrogen-bond acceptors (Lipinski definition) is 17. The number of carbonyl (C=O) groups excluding carboxylic acids is 1. The fourth-order valence-electron chi connectivity index (χ4n) is 7.97. The van der Waals surface area contributed by atoms with Gasteiger partial charge in [0.2, 0.25) is 0 Å². The molecule has 2 bridgehead atoms. The molecule has 3 rings (SSSR count). The molecule has 3 aliphatic heterocycles. The molecule has 18 nitrogen and oxygen atoms in total. The van der Waals surface area contributed by atoms with Crippen LogP contribution >= 0.6 is 0 Å². The van der Waals surface area contributed by atoms with Crippen LogP contribution in [0.1, 0.15) is 86.5 Å². The van der Waals surface area contributed by atoms with Crippen LogP contribution in [0, 0.1) is 17.8 Å². The fourth-order valence-corrected chi connectivity index (χ4v) is 7.97. The zero-order valence-corrected chi connectivity index (χ0v) is 37.6. The smallest absolute Gasteiger partial charge is 0.311 e. The van der Waals surface area contributed by atoms with Crippen molar-refractivity contribution in [2.75, 3.05) is 0 Å². The number of allylic oxidation sites excluding steroid dienone is 12. The van der Waals surface area contributed by atoms with Gasteiger partial charge in [0, 0.05) is 37.5 Å². The van der Waals surface area contributed by atoms with Crippen molar-refractivity contribution in [1.82, 2.24) is 0 Å². The minimum Gasteiger partial charge on any atom is -0.481 e. The van der Waals surface area contributed by atoms with Crippen molar-refractivity contribution in [1.29, 1.82) is 0 Å². The van der Waals surface area contributed by atoms with Crippen molar-refractivity contribution in [3.63, 3.8) is 0 Å².